The molecule has 0 aromatic carbocycles. The van der Waals surface area contributed by atoms with Crippen molar-refractivity contribution in [2.75, 3.05) is 6.54 Å². The molecule has 114 valence electrons. The van der Waals surface area contributed by atoms with Gasteiger partial charge >= 0.3 is 0 Å². The number of carbonyl (C=O) groups excluding carboxylic acids is 1. The fraction of sp³-hybridized carbons (Fsp3) is 0.615. The van der Waals surface area contributed by atoms with Gasteiger partial charge in [-0.1, -0.05) is 39.0 Å². The van der Waals surface area contributed by atoms with Crippen molar-refractivity contribution in [3.63, 3.8) is 0 Å². The summed E-state index contributed by atoms with van der Waals surface area (Å²) in [6, 6.07) is 1.24. The van der Waals surface area contributed by atoms with Crippen LogP contribution in [0, 0.1) is 0 Å². The summed E-state index contributed by atoms with van der Waals surface area (Å²) in [6.45, 7) is 2.76. The Labute approximate surface area is 120 Å². The third-order valence-electron chi connectivity index (χ3n) is 3.05. The highest BCUT2D eigenvalue weighted by atomic mass is 32.2. The fourth-order valence-electron chi connectivity index (χ4n) is 1.87. The molecule has 0 aliphatic rings. The van der Waals surface area contributed by atoms with E-state index in [1.807, 2.05) is 0 Å². The van der Waals surface area contributed by atoms with Crippen molar-refractivity contribution in [2.24, 2.45) is 5.14 Å². The van der Waals surface area contributed by atoms with Gasteiger partial charge in [-0.2, -0.15) is 0 Å². The van der Waals surface area contributed by atoms with E-state index >= 15 is 0 Å². The predicted molar refractivity (Wildman–Crippen MR) is 77.9 cm³/mol. The largest absolute Gasteiger partial charge is 0.356 e. The van der Waals surface area contributed by atoms with Gasteiger partial charge in [-0.3, -0.25) is 4.79 Å². The number of nitrogens with one attached hydrogen (secondary N) is 2. The lowest BCUT2D eigenvalue weighted by Crippen LogP contribution is -2.24. The maximum atomic E-state index is 11.7. The molecular formula is C13H23N3O3S. The zero-order valence-corrected chi connectivity index (χ0v) is 12.6. The van der Waals surface area contributed by atoms with Gasteiger partial charge in [-0.25, -0.2) is 13.6 Å². The molecule has 0 bridgehead atoms. The minimum Gasteiger partial charge on any atom is -0.356 e. The van der Waals surface area contributed by atoms with Gasteiger partial charge in [0.05, 0.1) is 4.90 Å². The van der Waals surface area contributed by atoms with Gasteiger partial charge in [0.25, 0.3) is 5.91 Å². The van der Waals surface area contributed by atoms with Crippen LogP contribution in [0.15, 0.2) is 17.2 Å². The van der Waals surface area contributed by atoms with Gasteiger partial charge in [0.1, 0.15) is 5.69 Å². The van der Waals surface area contributed by atoms with Crippen molar-refractivity contribution >= 4 is 15.9 Å². The SMILES string of the molecule is CCCCCCCCNC(=O)c1cc(S(N)(=O)=O)c[nH]1. The van der Waals surface area contributed by atoms with Gasteiger partial charge < -0.3 is 10.3 Å². The van der Waals surface area contributed by atoms with E-state index in [1.54, 1.807) is 0 Å². The van der Waals surface area contributed by atoms with E-state index in [9.17, 15) is 13.2 Å². The quantitative estimate of drug-likeness (QED) is 0.605. The maximum absolute atomic E-state index is 11.7. The van der Waals surface area contributed by atoms with E-state index in [1.165, 1.54) is 37.9 Å². The van der Waals surface area contributed by atoms with Gasteiger partial charge in [-0.15, -0.1) is 0 Å². The summed E-state index contributed by atoms with van der Waals surface area (Å²) in [7, 11) is -3.76. The minimum atomic E-state index is -3.76. The molecule has 0 saturated carbocycles. The Morgan fingerprint density at radius 3 is 2.50 bits per heavy atom. The number of primary sulfonamides is 1. The number of hydrogen-bond acceptors (Lipinski definition) is 3. The normalized spacial score (nSPS) is 11.5. The molecule has 0 aliphatic carbocycles. The highest BCUT2D eigenvalue weighted by Crippen LogP contribution is 2.08. The van der Waals surface area contributed by atoms with Crippen molar-refractivity contribution in [2.45, 2.75) is 50.3 Å². The van der Waals surface area contributed by atoms with Crippen LogP contribution in [0.3, 0.4) is 0 Å². The lowest BCUT2D eigenvalue weighted by atomic mass is 10.1. The molecule has 1 aromatic rings. The highest BCUT2D eigenvalue weighted by Gasteiger charge is 2.14. The number of aromatic nitrogens is 1. The van der Waals surface area contributed by atoms with Crippen LogP contribution >= 0.6 is 0 Å². The van der Waals surface area contributed by atoms with Crippen LogP contribution in [0.25, 0.3) is 0 Å². The molecule has 20 heavy (non-hydrogen) atoms. The summed E-state index contributed by atoms with van der Waals surface area (Å²) in [4.78, 5) is 14.3. The number of H-pyrrole nitrogens is 1. The number of rotatable bonds is 9. The molecule has 1 amide bonds. The van der Waals surface area contributed by atoms with Crippen LogP contribution < -0.4 is 10.5 Å². The molecule has 0 spiro atoms. The van der Waals surface area contributed by atoms with Gasteiger partial charge in [-0.05, 0) is 12.5 Å². The monoisotopic (exact) mass is 301 g/mol. The smallest absolute Gasteiger partial charge is 0.267 e. The van der Waals surface area contributed by atoms with Crippen LogP contribution in [0.5, 0.6) is 0 Å². The fourth-order valence-corrected chi connectivity index (χ4v) is 2.38. The van der Waals surface area contributed by atoms with E-state index in [4.69, 9.17) is 5.14 Å². The Kier molecular flexibility index (Phi) is 6.74. The zero-order chi connectivity index (χ0) is 15.0. The lowest BCUT2D eigenvalue weighted by Gasteiger charge is -2.03. The van der Waals surface area contributed by atoms with Crippen LogP contribution in [-0.4, -0.2) is 25.9 Å². The molecule has 0 saturated heterocycles. The van der Waals surface area contributed by atoms with E-state index in [2.05, 4.69) is 17.2 Å². The van der Waals surface area contributed by atoms with Crippen LogP contribution in [0.4, 0.5) is 0 Å². The molecule has 1 rings (SSSR count). The van der Waals surface area contributed by atoms with Crippen molar-refractivity contribution in [1.29, 1.82) is 0 Å². The number of nitrogens with two attached hydrogens (primary N) is 1. The molecule has 7 heteroatoms. The molecule has 0 fully saturated rings. The average molecular weight is 301 g/mol. The molecule has 4 N–H and O–H groups in total. The molecular weight excluding hydrogens is 278 g/mol. The summed E-state index contributed by atoms with van der Waals surface area (Å²) in [5.74, 6) is -0.312. The molecule has 1 aromatic heterocycles. The first kappa shape index (κ1) is 16.7. The van der Waals surface area contributed by atoms with Crippen molar-refractivity contribution in [3.8, 4) is 0 Å². The Morgan fingerprint density at radius 2 is 1.90 bits per heavy atom. The van der Waals surface area contributed by atoms with Gasteiger partial charge in [0.2, 0.25) is 10.0 Å². The van der Waals surface area contributed by atoms with Gasteiger partial charge in [0, 0.05) is 12.7 Å². The van der Waals surface area contributed by atoms with Crippen molar-refractivity contribution < 1.29 is 13.2 Å². The predicted octanol–water partition coefficient (Wildman–Crippen LogP) is 1.75. The number of carbonyl (C=O) groups is 1. The molecule has 0 aliphatic heterocycles. The number of unbranched alkanes of at least 4 members (excludes halogenated alkanes) is 5. The molecule has 0 atom stereocenters. The number of sulfonamides is 1. The summed E-state index contributed by atoms with van der Waals surface area (Å²) in [5, 5.41) is 7.72. The number of amides is 1. The van der Waals surface area contributed by atoms with Crippen molar-refractivity contribution in [3.05, 3.63) is 18.0 Å². The number of hydrogen-bond donors (Lipinski definition) is 3. The number of aromatic amines is 1. The Bertz CT molecular complexity index is 523. The lowest BCUT2D eigenvalue weighted by molar-refractivity contribution is 0.0948. The maximum Gasteiger partial charge on any atom is 0.267 e. The Morgan fingerprint density at radius 1 is 1.25 bits per heavy atom. The Balaban J connectivity index is 2.28. The van der Waals surface area contributed by atoms with E-state index in [0.717, 1.165) is 12.8 Å². The summed E-state index contributed by atoms with van der Waals surface area (Å²) < 4.78 is 22.2. The molecule has 6 nitrogen and oxygen atoms in total. The first-order valence-electron chi connectivity index (χ1n) is 6.94. The summed E-state index contributed by atoms with van der Waals surface area (Å²) in [5.41, 5.74) is 0.208. The second kappa shape index (κ2) is 8.06. The summed E-state index contributed by atoms with van der Waals surface area (Å²) in [6.07, 6.45) is 8.13. The van der Waals surface area contributed by atoms with Crippen molar-refractivity contribution in [1.82, 2.24) is 10.3 Å². The molecule has 0 unspecified atom stereocenters. The zero-order valence-electron chi connectivity index (χ0n) is 11.8. The first-order valence-corrected chi connectivity index (χ1v) is 8.49. The second-order valence-corrected chi connectivity index (χ2v) is 6.38. The van der Waals surface area contributed by atoms with E-state index in [-0.39, 0.29) is 16.5 Å². The second-order valence-electron chi connectivity index (χ2n) is 4.82. The average Bonchev–Trinajstić information content (AvgIpc) is 2.87. The van der Waals surface area contributed by atoms with Crippen LogP contribution in [-0.2, 0) is 10.0 Å². The van der Waals surface area contributed by atoms with Crippen LogP contribution in [0.1, 0.15) is 55.9 Å². The molecule has 0 radical (unpaired) electrons. The standard InChI is InChI=1S/C13H23N3O3S/c1-2-3-4-5-6-7-8-15-13(17)12-9-11(10-16-12)20(14,18)19/h9-10,16H,2-8H2,1H3,(H,15,17)(H2,14,18,19). The van der Waals surface area contributed by atoms with Gasteiger partial charge in [0.15, 0.2) is 0 Å². The third-order valence-corrected chi connectivity index (χ3v) is 3.94. The topological polar surface area (TPSA) is 105 Å². The minimum absolute atomic E-state index is 0.0813. The third kappa shape index (κ3) is 5.75. The van der Waals surface area contributed by atoms with E-state index < -0.39 is 10.0 Å². The Hall–Kier alpha value is -1.34. The summed E-state index contributed by atoms with van der Waals surface area (Å²) >= 11 is 0. The highest BCUT2D eigenvalue weighted by molar-refractivity contribution is 7.89. The van der Waals surface area contributed by atoms with E-state index in [0.29, 0.717) is 6.54 Å². The van der Waals surface area contributed by atoms with Crippen LogP contribution in [0.2, 0.25) is 0 Å². The first-order chi connectivity index (χ1) is 9.45. The molecule has 1 heterocycles.